The average molecular weight is 324 g/mol. The van der Waals surface area contributed by atoms with E-state index in [0.29, 0.717) is 17.5 Å². The molecule has 122 valence electrons. The van der Waals surface area contributed by atoms with Crippen LogP contribution in [0.15, 0.2) is 54.6 Å². The van der Waals surface area contributed by atoms with Crippen LogP contribution in [0.3, 0.4) is 0 Å². The molecule has 1 aliphatic rings. The Morgan fingerprint density at radius 3 is 2.71 bits per heavy atom. The number of nitrogens with zero attached hydrogens (tertiary/aromatic N) is 2. The Hall–Kier alpha value is -2.99. The zero-order valence-electron chi connectivity index (χ0n) is 12.8. The predicted octanol–water partition coefficient (Wildman–Crippen LogP) is 2.62. The standard InChI is InChI=1S/C18H16N2O4/c21-17-12-14-7-1-3-9-15(14)18(22)19(17)11-5-8-13-6-2-4-10-16(13)20(23)24/h1-10,17,21H,11-12H2/b8-5+. The number of hydrogen-bond donors (Lipinski definition) is 1. The number of aliphatic hydroxyl groups is 1. The van der Waals surface area contributed by atoms with Crippen LogP contribution < -0.4 is 0 Å². The van der Waals surface area contributed by atoms with Gasteiger partial charge in [-0.25, -0.2) is 0 Å². The molecule has 0 fully saturated rings. The number of aliphatic hydroxyl groups excluding tert-OH is 1. The second-order valence-electron chi connectivity index (χ2n) is 5.52. The van der Waals surface area contributed by atoms with Crippen molar-refractivity contribution >= 4 is 17.7 Å². The normalized spacial score (nSPS) is 17.1. The first-order chi connectivity index (χ1) is 11.6. The first-order valence-corrected chi connectivity index (χ1v) is 7.55. The van der Waals surface area contributed by atoms with Gasteiger partial charge in [-0.3, -0.25) is 14.9 Å². The molecule has 0 aliphatic carbocycles. The van der Waals surface area contributed by atoms with Crippen LogP contribution in [0.1, 0.15) is 21.5 Å². The second-order valence-corrected chi connectivity index (χ2v) is 5.52. The third-order valence-corrected chi connectivity index (χ3v) is 4.00. The highest BCUT2D eigenvalue weighted by Gasteiger charge is 2.29. The molecule has 0 bridgehead atoms. The number of fused-ring (bicyclic) bond motifs is 1. The van der Waals surface area contributed by atoms with Crippen LogP contribution in [-0.4, -0.2) is 33.6 Å². The Morgan fingerprint density at radius 1 is 1.21 bits per heavy atom. The third-order valence-electron chi connectivity index (χ3n) is 4.00. The molecule has 6 nitrogen and oxygen atoms in total. The summed E-state index contributed by atoms with van der Waals surface area (Å²) < 4.78 is 0. The minimum Gasteiger partial charge on any atom is -0.373 e. The minimum atomic E-state index is -0.900. The molecule has 1 heterocycles. The lowest BCUT2D eigenvalue weighted by atomic mass is 9.98. The molecule has 1 aliphatic heterocycles. The monoisotopic (exact) mass is 324 g/mol. The van der Waals surface area contributed by atoms with Gasteiger partial charge in [-0.05, 0) is 17.7 Å². The maximum absolute atomic E-state index is 12.5. The van der Waals surface area contributed by atoms with Crippen molar-refractivity contribution in [2.75, 3.05) is 6.54 Å². The zero-order chi connectivity index (χ0) is 17.1. The molecular formula is C18H16N2O4. The highest BCUT2D eigenvalue weighted by Crippen LogP contribution is 2.23. The second kappa shape index (κ2) is 6.64. The molecule has 0 spiro atoms. The maximum Gasteiger partial charge on any atom is 0.276 e. The number of hydrogen-bond acceptors (Lipinski definition) is 4. The molecule has 1 amide bonds. The Morgan fingerprint density at radius 2 is 1.92 bits per heavy atom. The minimum absolute atomic E-state index is 0.00427. The maximum atomic E-state index is 12.5. The summed E-state index contributed by atoms with van der Waals surface area (Å²) in [4.78, 5) is 24.4. The molecule has 0 aromatic heterocycles. The predicted molar refractivity (Wildman–Crippen MR) is 89.3 cm³/mol. The molecule has 6 heteroatoms. The smallest absolute Gasteiger partial charge is 0.276 e. The lowest BCUT2D eigenvalue weighted by Gasteiger charge is -2.32. The van der Waals surface area contributed by atoms with Crippen molar-refractivity contribution in [1.29, 1.82) is 0 Å². The number of benzene rings is 2. The van der Waals surface area contributed by atoms with Crippen molar-refractivity contribution in [3.05, 3.63) is 81.4 Å². The summed E-state index contributed by atoms with van der Waals surface area (Å²) >= 11 is 0. The van der Waals surface area contributed by atoms with Crippen molar-refractivity contribution in [3.8, 4) is 0 Å². The van der Waals surface area contributed by atoms with Crippen LogP contribution in [0, 0.1) is 10.1 Å². The van der Waals surface area contributed by atoms with E-state index in [0.717, 1.165) is 5.56 Å². The lowest BCUT2D eigenvalue weighted by Crippen LogP contribution is -2.45. The summed E-state index contributed by atoms with van der Waals surface area (Å²) in [6.07, 6.45) is 2.72. The van der Waals surface area contributed by atoms with Crippen LogP contribution in [0.2, 0.25) is 0 Å². The highest BCUT2D eigenvalue weighted by molar-refractivity contribution is 5.97. The summed E-state index contributed by atoms with van der Waals surface area (Å²) in [6, 6.07) is 13.6. The highest BCUT2D eigenvalue weighted by atomic mass is 16.6. The van der Waals surface area contributed by atoms with E-state index in [4.69, 9.17) is 0 Å². The summed E-state index contributed by atoms with van der Waals surface area (Å²) in [6.45, 7) is 0.181. The molecule has 1 N–H and O–H groups in total. The number of para-hydroxylation sites is 1. The molecular weight excluding hydrogens is 308 g/mol. The van der Waals surface area contributed by atoms with Gasteiger partial charge in [0, 0.05) is 24.6 Å². The first-order valence-electron chi connectivity index (χ1n) is 7.55. The van der Waals surface area contributed by atoms with Crippen LogP contribution in [-0.2, 0) is 6.42 Å². The molecule has 1 unspecified atom stereocenters. The van der Waals surface area contributed by atoms with E-state index in [9.17, 15) is 20.0 Å². The number of carbonyl (C=O) groups excluding carboxylic acids is 1. The van der Waals surface area contributed by atoms with Crippen LogP contribution in [0.5, 0.6) is 0 Å². The van der Waals surface area contributed by atoms with E-state index >= 15 is 0 Å². The largest absolute Gasteiger partial charge is 0.373 e. The van der Waals surface area contributed by atoms with Crippen molar-refractivity contribution in [2.45, 2.75) is 12.6 Å². The summed E-state index contributed by atoms with van der Waals surface area (Å²) in [7, 11) is 0. The van der Waals surface area contributed by atoms with E-state index in [-0.39, 0.29) is 18.1 Å². The number of carbonyl (C=O) groups is 1. The fourth-order valence-electron chi connectivity index (χ4n) is 2.80. The van der Waals surface area contributed by atoms with E-state index in [2.05, 4.69) is 0 Å². The number of nitro benzene ring substituents is 1. The molecule has 0 saturated heterocycles. The Labute approximate surface area is 138 Å². The Balaban J connectivity index is 1.78. The molecule has 3 rings (SSSR count). The molecule has 2 aromatic rings. The topological polar surface area (TPSA) is 83.7 Å². The average Bonchev–Trinajstić information content (AvgIpc) is 2.58. The fourth-order valence-corrected chi connectivity index (χ4v) is 2.80. The van der Waals surface area contributed by atoms with Gasteiger partial charge in [0.05, 0.1) is 10.5 Å². The molecule has 2 aromatic carbocycles. The summed E-state index contributed by atoms with van der Waals surface area (Å²) in [5.74, 6) is -0.239. The quantitative estimate of drug-likeness (QED) is 0.692. The number of rotatable bonds is 4. The fraction of sp³-hybridized carbons (Fsp3) is 0.167. The van der Waals surface area contributed by atoms with E-state index in [1.807, 2.05) is 12.1 Å². The lowest BCUT2D eigenvalue weighted by molar-refractivity contribution is -0.385. The summed E-state index contributed by atoms with van der Waals surface area (Å²) in [5.41, 5.74) is 1.88. The van der Waals surface area contributed by atoms with Gasteiger partial charge in [0.1, 0.15) is 6.23 Å². The Kier molecular flexibility index (Phi) is 4.39. The van der Waals surface area contributed by atoms with Gasteiger partial charge in [-0.15, -0.1) is 0 Å². The van der Waals surface area contributed by atoms with Gasteiger partial charge in [-0.2, -0.15) is 0 Å². The van der Waals surface area contributed by atoms with Gasteiger partial charge >= 0.3 is 0 Å². The van der Waals surface area contributed by atoms with Crippen molar-refractivity contribution in [1.82, 2.24) is 4.90 Å². The van der Waals surface area contributed by atoms with Gasteiger partial charge in [0.15, 0.2) is 0 Å². The summed E-state index contributed by atoms with van der Waals surface area (Å²) in [5, 5.41) is 21.2. The van der Waals surface area contributed by atoms with Crippen LogP contribution >= 0.6 is 0 Å². The molecule has 0 saturated carbocycles. The van der Waals surface area contributed by atoms with Crippen molar-refractivity contribution in [3.63, 3.8) is 0 Å². The van der Waals surface area contributed by atoms with Gasteiger partial charge in [-0.1, -0.05) is 42.5 Å². The Bertz CT molecular complexity index is 816. The van der Waals surface area contributed by atoms with E-state index in [1.54, 1.807) is 42.5 Å². The van der Waals surface area contributed by atoms with E-state index in [1.165, 1.54) is 11.0 Å². The number of amides is 1. The van der Waals surface area contributed by atoms with Crippen LogP contribution in [0.4, 0.5) is 5.69 Å². The first kappa shape index (κ1) is 15.9. The van der Waals surface area contributed by atoms with Crippen molar-refractivity contribution < 1.29 is 14.8 Å². The molecule has 24 heavy (non-hydrogen) atoms. The zero-order valence-corrected chi connectivity index (χ0v) is 12.8. The third kappa shape index (κ3) is 3.04. The number of nitro groups is 1. The van der Waals surface area contributed by atoms with Crippen LogP contribution in [0.25, 0.3) is 6.08 Å². The molecule has 0 radical (unpaired) electrons. The van der Waals surface area contributed by atoms with Crippen molar-refractivity contribution in [2.24, 2.45) is 0 Å². The van der Waals surface area contributed by atoms with Gasteiger partial charge in [0.25, 0.3) is 11.6 Å². The van der Waals surface area contributed by atoms with Gasteiger partial charge in [0.2, 0.25) is 0 Å². The van der Waals surface area contributed by atoms with E-state index < -0.39 is 11.2 Å². The molecule has 1 atom stereocenters. The van der Waals surface area contributed by atoms with Gasteiger partial charge < -0.3 is 10.0 Å². The SMILES string of the molecule is O=C1c2ccccc2CC(O)N1C/C=C/c1ccccc1[N+](=O)[O-].